The quantitative estimate of drug-likeness (QED) is 0.662. The lowest BCUT2D eigenvalue weighted by atomic mass is 9.91. The van der Waals surface area contributed by atoms with Crippen molar-refractivity contribution in [3.05, 3.63) is 65.4 Å². The van der Waals surface area contributed by atoms with Gasteiger partial charge in [0.2, 0.25) is 0 Å². The molecule has 0 bridgehead atoms. The molecule has 8 heteroatoms. The van der Waals surface area contributed by atoms with Crippen molar-refractivity contribution in [2.24, 2.45) is 0 Å². The van der Waals surface area contributed by atoms with E-state index in [1.807, 2.05) is 6.92 Å². The molecule has 3 aromatic rings. The summed E-state index contributed by atoms with van der Waals surface area (Å²) in [5.41, 5.74) is 0.482. The molecule has 156 valence electrons. The zero-order valence-electron chi connectivity index (χ0n) is 16.8. The molecule has 0 aliphatic rings. The third-order valence-corrected chi connectivity index (χ3v) is 7.16. The molecule has 5 nitrogen and oxygen atoms in total. The SMILES string of the molecule is Cc1ccc(S(=O)(=O)n2ccc3c(F)c(F)cc(CC(C)(CO)N(C)C)c32)cc1. The van der Waals surface area contributed by atoms with E-state index in [1.54, 1.807) is 38.1 Å². The zero-order chi connectivity index (χ0) is 21.6. The molecule has 1 aromatic heterocycles. The van der Waals surface area contributed by atoms with Gasteiger partial charge >= 0.3 is 0 Å². The second-order valence-electron chi connectivity index (χ2n) is 7.75. The second kappa shape index (κ2) is 7.51. The summed E-state index contributed by atoms with van der Waals surface area (Å²) in [6, 6.07) is 8.58. The average Bonchev–Trinajstić information content (AvgIpc) is 3.12. The van der Waals surface area contributed by atoms with Crippen LogP contribution in [0, 0.1) is 18.6 Å². The average molecular weight is 422 g/mol. The van der Waals surface area contributed by atoms with Crippen LogP contribution >= 0.6 is 0 Å². The van der Waals surface area contributed by atoms with Crippen LogP contribution in [0.3, 0.4) is 0 Å². The van der Waals surface area contributed by atoms with Crippen molar-refractivity contribution < 1.29 is 22.3 Å². The van der Waals surface area contributed by atoms with Gasteiger partial charge in [0.25, 0.3) is 10.0 Å². The number of aliphatic hydroxyl groups is 1. The molecular weight excluding hydrogens is 398 g/mol. The summed E-state index contributed by atoms with van der Waals surface area (Å²) in [6.45, 7) is 3.36. The summed E-state index contributed by atoms with van der Waals surface area (Å²) >= 11 is 0. The lowest BCUT2D eigenvalue weighted by Gasteiger charge is -2.35. The van der Waals surface area contributed by atoms with Crippen LogP contribution in [0.25, 0.3) is 10.9 Å². The first-order chi connectivity index (χ1) is 13.5. The Morgan fingerprint density at radius 1 is 1.14 bits per heavy atom. The van der Waals surface area contributed by atoms with Gasteiger partial charge in [-0.05, 0) is 64.2 Å². The predicted octanol–water partition coefficient (Wildman–Crippen LogP) is 3.32. The largest absolute Gasteiger partial charge is 0.394 e. The standard InChI is InChI=1S/C21H24F2N2O3S/c1-14-5-7-16(8-6-14)29(27,28)25-10-9-17-19(23)18(22)11-15(20(17)25)12-21(2,13-26)24(3)4/h5-11,26H,12-13H2,1-4H3. The zero-order valence-corrected chi connectivity index (χ0v) is 17.6. The molecule has 0 aliphatic heterocycles. The summed E-state index contributed by atoms with van der Waals surface area (Å²) in [4.78, 5) is 1.82. The van der Waals surface area contributed by atoms with Gasteiger partial charge in [-0.2, -0.15) is 0 Å². The molecule has 1 atom stereocenters. The van der Waals surface area contributed by atoms with Crippen LogP contribution in [0.15, 0.2) is 47.5 Å². The van der Waals surface area contributed by atoms with Crippen molar-refractivity contribution in [3.63, 3.8) is 0 Å². The Morgan fingerprint density at radius 2 is 1.76 bits per heavy atom. The summed E-state index contributed by atoms with van der Waals surface area (Å²) in [6.07, 6.45) is 1.36. The number of likely N-dealkylation sites (N-methyl/N-ethyl adjacent to an activating group) is 1. The Labute approximate surface area is 169 Å². The number of hydrogen-bond donors (Lipinski definition) is 1. The molecule has 3 rings (SSSR count). The fourth-order valence-corrected chi connectivity index (χ4v) is 4.63. The molecule has 1 unspecified atom stereocenters. The monoisotopic (exact) mass is 422 g/mol. The first-order valence-electron chi connectivity index (χ1n) is 9.10. The third kappa shape index (κ3) is 3.68. The van der Waals surface area contributed by atoms with Gasteiger partial charge in [0.1, 0.15) is 0 Å². The van der Waals surface area contributed by atoms with E-state index < -0.39 is 27.2 Å². The minimum atomic E-state index is -4.02. The lowest BCUT2D eigenvalue weighted by Crippen LogP contribution is -2.46. The summed E-state index contributed by atoms with van der Waals surface area (Å²) in [7, 11) is -0.504. The fraction of sp³-hybridized carbons (Fsp3) is 0.333. The topological polar surface area (TPSA) is 62.5 Å². The summed E-state index contributed by atoms with van der Waals surface area (Å²) in [5.74, 6) is -2.16. The van der Waals surface area contributed by atoms with E-state index in [2.05, 4.69) is 0 Å². The van der Waals surface area contributed by atoms with Crippen molar-refractivity contribution in [1.82, 2.24) is 8.87 Å². The van der Waals surface area contributed by atoms with Crippen LogP contribution < -0.4 is 0 Å². The van der Waals surface area contributed by atoms with Crippen LogP contribution in [0.5, 0.6) is 0 Å². The molecule has 0 aliphatic carbocycles. The normalized spacial score (nSPS) is 14.5. The Balaban J connectivity index is 2.28. The summed E-state index contributed by atoms with van der Waals surface area (Å²) in [5, 5.41) is 9.75. The van der Waals surface area contributed by atoms with Gasteiger partial charge in [0, 0.05) is 17.1 Å². The van der Waals surface area contributed by atoms with Crippen LogP contribution in [-0.4, -0.2) is 48.6 Å². The van der Waals surface area contributed by atoms with E-state index in [4.69, 9.17) is 0 Å². The van der Waals surface area contributed by atoms with Crippen LogP contribution in [0.1, 0.15) is 18.1 Å². The Morgan fingerprint density at radius 3 is 2.31 bits per heavy atom. The highest BCUT2D eigenvalue weighted by molar-refractivity contribution is 7.90. The van der Waals surface area contributed by atoms with Gasteiger partial charge in [0.05, 0.1) is 17.0 Å². The summed E-state index contributed by atoms with van der Waals surface area (Å²) < 4.78 is 56.2. The maximum Gasteiger partial charge on any atom is 0.268 e. The van der Waals surface area contributed by atoms with Crippen molar-refractivity contribution >= 4 is 20.9 Å². The molecule has 1 heterocycles. The second-order valence-corrected chi connectivity index (χ2v) is 9.56. The number of halogens is 2. The lowest BCUT2D eigenvalue weighted by molar-refractivity contribution is 0.0844. The molecule has 0 fully saturated rings. The van der Waals surface area contributed by atoms with Crippen molar-refractivity contribution in [1.29, 1.82) is 0 Å². The number of nitrogens with zero attached hydrogens (tertiary/aromatic N) is 2. The Hall–Kier alpha value is -2.29. The molecule has 1 N–H and O–H groups in total. The van der Waals surface area contributed by atoms with E-state index in [-0.39, 0.29) is 28.8 Å². The van der Waals surface area contributed by atoms with Crippen LogP contribution in [0.2, 0.25) is 0 Å². The minimum absolute atomic E-state index is 0.0498. The van der Waals surface area contributed by atoms with Crippen molar-refractivity contribution in [2.75, 3.05) is 20.7 Å². The third-order valence-electron chi connectivity index (χ3n) is 5.47. The Kier molecular flexibility index (Phi) is 5.55. The molecule has 0 amide bonds. The number of benzene rings is 2. The molecule has 0 saturated carbocycles. The van der Waals surface area contributed by atoms with E-state index in [0.717, 1.165) is 15.6 Å². The van der Waals surface area contributed by atoms with Gasteiger partial charge in [-0.3, -0.25) is 0 Å². The van der Waals surface area contributed by atoms with E-state index in [1.165, 1.54) is 24.4 Å². The van der Waals surface area contributed by atoms with Gasteiger partial charge in [-0.1, -0.05) is 17.7 Å². The predicted molar refractivity (Wildman–Crippen MR) is 108 cm³/mol. The number of aliphatic hydroxyl groups excluding tert-OH is 1. The molecule has 0 spiro atoms. The number of aromatic nitrogens is 1. The van der Waals surface area contributed by atoms with Gasteiger partial charge in [-0.25, -0.2) is 21.2 Å². The van der Waals surface area contributed by atoms with Crippen LogP contribution in [-0.2, 0) is 16.4 Å². The fourth-order valence-electron chi connectivity index (χ4n) is 3.24. The number of hydrogen-bond acceptors (Lipinski definition) is 4. The van der Waals surface area contributed by atoms with Crippen molar-refractivity contribution in [3.8, 4) is 0 Å². The van der Waals surface area contributed by atoms with Crippen LogP contribution in [0.4, 0.5) is 8.78 Å². The first-order valence-corrected chi connectivity index (χ1v) is 10.5. The number of fused-ring (bicyclic) bond motifs is 1. The Bertz CT molecular complexity index is 1150. The van der Waals surface area contributed by atoms with Gasteiger partial charge < -0.3 is 10.0 Å². The van der Waals surface area contributed by atoms with E-state index in [9.17, 15) is 22.3 Å². The molecule has 0 saturated heterocycles. The maximum absolute atomic E-state index is 14.5. The van der Waals surface area contributed by atoms with Gasteiger partial charge in [-0.15, -0.1) is 0 Å². The molecular formula is C21H24F2N2O3S. The molecule has 29 heavy (non-hydrogen) atoms. The first kappa shape index (κ1) is 21.4. The van der Waals surface area contributed by atoms with E-state index in [0.29, 0.717) is 5.56 Å². The highest BCUT2D eigenvalue weighted by Gasteiger charge is 2.30. The van der Waals surface area contributed by atoms with Crippen molar-refractivity contribution in [2.45, 2.75) is 30.7 Å². The van der Waals surface area contributed by atoms with E-state index >= 15 is 0 Å². The molecule has 0 radical (unpaired) electrons. The molecule has 2 aromatic carbocycles. The number of aryl methyl sites for hydroxylation is 1. The smallest absolute Gasteiger partial charge is 0.268 e. The number of rotatable bonds is 6. The minimum Gasteiger partial charge on any atom is -0.394 e. The maximum atomic E-state index is 14.5. The van der Waals surface area contributed by atoms with Gasteiger partial charge in [0.15, 0.2) is 11.6 Å². The highest BCUT2D eigenvalue weighted by Crippen LogP contribution is 2.32. The highest BCUT2D eigenvalue weighted by atomic mass is 32.2.